The van der Waals surface area contributed by atoms with E-state index in [2.05, 4.69) is 132 Å². The Kier molecular flexibility index (Phi) is 17.0. The quantitative estimate of drug-likeness (QED) is 0.116. The van der Waals surface area contributed by atoms with Gasteiger partial charge < -0.3 is 5.11 Å². The van der Waals surface area contributed by atoms with Crippen LogP contribution in [-0.2, 0) is 39.0 Å². The van der Waals surface area contributed by atoms with E-state index in [0.717, 1.165) is 33.0 Å². The van der Waals surface area contributed by atoms with E-state index in [1.807, 2.05) is 30.3 Å². The van der Waals surface area contributed by atoms with E-state index >= 15 is 0 Å². The SMILES string of the molecule is OCc1cccc(-c2[c-]cc(F)cc2F)n1.[Ir+3].[c-]1c(CPc2ccccc2)cccc1C[PH+](c1ccccc1)c1ccccc1.[c-]1ccccc1. The molecule has 51 heavy (non-hydrogen) atoms. The van der Waals surface area contributed by atoms with Crippen molar-refractivity contribution >= 4 is 32.4 Å². The fourth-order valence-corrected chi connectivity index (χ4v) is 8.61. The van der Waals surface area contributed by atoms with E-state index < -0.39 is 19.6 Å². The maximum Gasteiger partial charge on any atom is 3.00 e. The monoisotopic (exact) mass is 888 g/mol. The Morgan fingerprint density at radius 3 is 1.82 bits per heavy atom. The summed E-state index contributed by atoms with van der Waals surface area (Å²) in [6.45, 7) is -0.226. The largest absolute Gasteiger partial charge is 3.00 e. The van der Waals surface area contributed by atoms with Crippen molar-refractivity contribution in [2.75, 3.05) is 0 Å². The molecule has 0 spiro atoms. The molecule has 1 aromatic heterocycles. The second-order valence-corrected chi connectivity index (χ2v) is 14.8. The van der Waals surface area contributed by atoms with Crippen LogP contribution in [0.15, 0.2) is 170 Å². The molecule has 1 atom stereocenters. The van der Waals surface area contributed by atoms with Crippen molar-refractivity contribution < 1.29 is 34.0 Å². The molecule has 0 fully saturated rings. The van der Waals surface area contributed by atoms with Gasteiger partial charge in [0.2, 0.25) is 0 Å². The van der Waals surface area contributed by atoms with Gasteiger partial charge in [-0.15, -0.1) is 17.7 Å². The summed E-state index contributed by atoms with van der Waals surface area (Å²) in [4.78, 5) is 4.01. The summed E-state index contributed by atoms with van der Waals surface area (Å²) in [6, 6.07) is 64.7. The van der Waals surface area contributed by atoms with Gasteiger partial charge in [0.25, 0.3) is 0 Å². The van der Waals surface area contributed by atoms with E-state index in [-0.39, 0.29) is 32.3 Å². The van der Waals surface area contributed by atoms with E-state index in [4.69, 9.17) is 5.11 Å². The summed E-state index contributed by atoms with van der Waals surface area (Å²) in [5.41, 5.74) is 3.49. The predicted octanol–water partition coefficient (Wildman–Crippen LogP) is 9.16. The minimum absolute atomic E-state index is 0. The zero-order valence-electron chi connectivity index (χ0n) is 27.8. The van der Waals surface area contributed by atoms with Crippen LogP contribution in [0.25, 0.3) is 11.3 Å². The Balaban J connectivity index is 0.000000212. The second-order valence-electron chi connectivity index (χ2n) is 11.1. The molecule has 0 saturated heterocycles. The molecule has 0 aliphatic rings. The van der Waals surface area contributed by atoms with Crippen molar-refractivity contribution in [3.8, 4) is 11.3 Å². The van der Waals surface area contributed by atoms with Gasteiger partial charge in [-0.2, -0.15) is 66.2 Å². The number of nitrogens with zero attached hydrogens (tertiary/aromatic N) is 1. The number of hydrogen-bond acceptors (Lipinski definition) is 2. The number of benzene rings is 6. The Morgan fingerprint density at radius 2 is 1.25 bits per heavy atom. The summed E-state index contributed by atoms with van der Waals surface area (Å²) in [5.74, 6) is -1.40. The Hall–Kier alpha value is -4.20. The fourth-order valence-electron chi connectivity index (χ4n) is 5.06. The Labute approximate surface area is 316 Å². The predicted molar refractivity (Wildman–Crippen MR) is 207 cm³/mol. The van der Waals surface area contributed by atoms with Gasteiger partial charge in [0.1, 0.15) is 0 Å². The fraction of sp³-hybridized carbons (Fsp3) is 0.0682. The van der Waals surface area contributed by atoms with Gasteiger partial charge in [-0.1, -0.05) is 99.1 Å². The molecule has 7 heteroatoms. The van der Waals surface area contributed by atoms with Gasteiger partial charge in [0.15, 0.2) is 0 Å². The molecule has 0 saturated carbocycles. The number of pyridine rings is 1. The molecule has 0 amide bonds. The molecule has 1 heterocycles. The molecule has 256 valence electrons. The van der Waals surface area contributed by atoms with Crippen LogP contribution >= 0.6 is 16.5 Å². The number of halogens is 2. The average Bonchev–Trinajstić information content (AvgIpc) is 3.18. The minimum atomic E-state index is -0.864. The zero-order chi connectivity index (χ0) is 34.8. The molecule has 1 N–H and O–H groups in total. The van der Waals surface area contributed by atoms with Gasteiger partial charge in [-0.3, -0.25) is 13.8 Å². The maximum atomic E-state index is 13.4. The van der Waals surface area contributed by atoms with Gasteiger partial charge in [-0.05, 0) is 47.5 Å². The normalized spacial score (nSPS) is 10.4. The van der Waals surface area contributed by atoms with Crippen LogP contribution in [0.1, 0.15) is 16.8 Å². The smallest absolute Gasteiger partial charge is 0.390 e. The van der Waals surface area contributed by atoms with Crippen molar-refractivity contribution in [3.05, 3.63) is 217 Å². The molecular formula is C44H37F2IrNOP2+. The van der Waals surface area contributed by atoms with Crippen LogP contribution < -0.4 is 15.9 Å². The molecule has 0 aliphatic carbocycles. The topological polar surface area (TPSA) is 33.1 Å². The number of aromatic nitrogens is 1. The van der Waals surface area contributed by atoms with Crippen LogP contribution in [0.4, 0.5) is 8.78 Å². The van der Waals surface area contributed by atoms with Crippen molar-refractivity contribution in [1.82, 2.24) is 4.98 Å². The molecule has 0 radical (unpaired) electrons. The second kappa shape index (κ2) is 21.9. The first-order chi connectivity index (χ1) is 24.6. The third-order valence-electron chi connectivity index (χ3n) is 7.47. The average molecular weight is 888 g/mol. The van der Waals surface area contributed by atoms with Gasteiger partial charge in [0, 0.05) is 11.6 Å². The molecule has 0 aliphatic heterocycles. The summed E-state index contributed by atoms with van der Waals surface area (Å²) in [5, 5.41) is 13.2. The molecular weight excluding hydrogens is 851 g/mol. The molecule has 0 bridgehead atoms. The van der Waals surface area contributed by atoms with E-state index in [1.54, 1.807) is 18.2 Å². The molecule has 6 aromatic carbocycles. The number of aliphatic hydroxyl groups excluding tert-OH is 1. The summed E-state index contributed by atoms with van der Waals surface area (Å²) in [7, 11) is -0.0669. The van der Waals surface area contributed by atoms with Crippen molar-refractivity contribution in [1.29, 1.82) is 0 Å². The summed E-state index contributed by atoms with van der Waals surface area (Å²) < 4.78 is 26.1. The van der Waals surface area contributed by atoms with Gasteiger partial charge in [-0.25, -0.2) is 0 Å². The first-order valence-corrected chi connectivity index (χ1v) is 19.1. The number of hydrogen-bond donors (Lipinski definition) is 1. The maximum absolute atomic E-state index is 13.4. The van der Waals surface area contributed by atoms with Crippen molar-refractivity contribution in [2.45, 2.75) is 18.9 Å². The Bertz CT molecular complexity index is 1940. The van der Waals surface area contributed by atoms with Crippen LogP contribution in [0.3, 0.4) is 0 Å². The zero-order valence-corrected chi connectivity index (χ0v) is 32.2. The first kappa shape index (κ1) is 39.6. The van der Waals surface area contributed by atoms with Gasteiger partial charge in [0.05, 0.1) is 37.0 Å². The van der Waals surface area contributed by atoms with Crippen LogP contribution in [0, 0.1) is 29.8 Å². The van der Waals surface area contributed by atoms with Crippen LogP contribution in [-0.4, -0.2) is 10.1 Å². The number of rotatable bonds is 9. The third kappa shape index (κ3) is 13.1. The molecule has 2 nitrogen and oxygen atoms in total. The Morgan fingerprint density at radius 1 is 0.667 bits per heavy atom. The summed E-state index contributed by atoms with van der Waals surface area (Å²) >= 11 is 0. The van der Waals surface area contributed by atoms with Gasteiger partial charge >= 0.3 is 20.1 Å². The first-order valence-electron chi connectivity index (χ1n) is 16.2. The van der Waals surface area contributed by atoms with Crippen LogP contribution in [0.2, 0.25) is 0 Å². The standard InChI is InChI=1S/C26H23P2.C12H8F2NO.C6H5.Ir/c1-4-13-24(14-5-1)27-20-22-11-10-12-23(19-22)21-28(25-15-6-2-7-16-25)26-17-8-3-9-18-26;13-8-4-5-10(11(14)6-8)12-3-1-2-9(7-16)15-12;1-2-4-6-5-3-1;/h1-18,27H,20-21H2;1-4,6,16H,7H2;1-5H;/q3*-1;+3/p+1. The van der Waals surface area contributed by atoms with E-state index in [9.17, 15) is 8.78 Å². The minimum Gasteiger partial charge on any atom is -0.390 e. The van der Waals surface area contributed by atoms with Crippen molar-refractivity contribution in [3.63, 3.8) is 0 Å². The molecule has 1 unspecified atom stereocenters. The van der Waals surface area contributed by atoms with Crippen LogP contribution in [0.5, 0.6) is 0 Å². The summed E-state index contributed by atoms with van der Waals surface area (Å²) in [6.07, 6.45) is 2.14. The number of aliphatic hydroxyl groups is 1. The van der Waals surface area contributed by atoms with Crippen molar-refractivity contribution in [2.24, 2.45) is 0 Å². The van der Waals surface area contributed by atoms with E-state index in [1.165, 1.54) is 27.0 Å². The molecule has 7 rings (SSSR count). The third-order valence-corrected chi connectivity index (χ3v) is 11.6. The van der Waals surface area contributed by atoms with E-state index in [0.29, 0.717) is 11.4 Å². The molecule has 7 aromatic rings.